The van der Waals surface area contributed by atoms with Crippen LogP contribution in [0.15, 0.2) is 33.7 Å². The van der Waals surface area contributed by atoms with Crippen LogP contribution in [0.25, 0.3) is 0 Å². The molecule has 22 heavy (non-hydrogen) atoms. The molecule has 0 aromatic heterocycles. The van der Waals surface area contributed by atoms with Gasteiger partial charge in [-0.3, -0.25) is 4.99 Å². The van der Waals surface area contributed by atoms with Gasteiger partial charge in [0.15, 0.2) is 5.96 Å². The zero-order valence-electron chi connectivity index (χ0n) is 13.2. The van der Waals surface area contributed by atoms with Crippen molar-refractivity contribution in [3.63, 3.8) is 0 Å². The van der Waals surface area contributed by atoms with Gasteiger partial charge in [-0.05, 0) is 31.4 Å². The normalized spacial score (nSPS) is 15.9. The third-order valence-electron chi connectivity index (χ3n) is 3.86. The highest BCUT2D eigenvalue weighted by Gasteiger charge is 2.45. The molecule has 0 radical (unpaired) electrons. The van der Waals surface area contributed by atoms with Gasteiger partial charge >= 0.3 is 0 Å². The highest BCUT2D eigenvalue weighted by atomic mass is 127. The van der Waals surface area contributed by atoms with E-state index in [-0.39, 0.29) is 29.4 Å². The summed E-state index contributed by atoms with van der Waals surface area (Å²) in [6.07, 6.45) is 2.44. The lowest BCUT2D eigenvalue weighted by molar-refractivity contribution is 0.152. The highest BCUT2D eigenvalue weighted by Crippen LogP contribution is 2.49. The molecular formula is C16H25BrIN3O. The fourth-order valence-corrected chi connectivity index (χ4v) is 3.15. The van der Waals surface area contributed by atoms with Gasteiger partial charge in [-0.15, -0.1) is 24.0 Å². The van der Waals surface area contributed by atoms with E-state index < -0.39 is 0 Å². The van der Waals surface area contributed by atoms with Crippen LogP contribution >= 0.6 is 39.9 Å². The van der Waals surface area contributed by atoms with Crippen LogP contribution in [-0.4, -0.2) is 39.3 Å². The fourth-order valence-electron chi connectivity index (χ4n) is 2.44. The Morgan fingerprint density at radius 3 is 2.64 bits per heavy atom. The van der Waals surface area contributed by atoms with Crippen LogP contribution in [0.5, 0.6) is 0 Å². The minimum atomic E-state index is 0. The molecule has 1 saturated carbocycles. The summed E-state index contributed by atoms with van der Waals surface area (Å²) in [6, 6.07) is 8.50. The molecule has 0 bridgehead atoms. The molecule has 2 rings (SSSR count). The van der Waals surface area contributed by atoms with Gasteiger partial charge in [-0.1, -0.05) is 34.1 Å². The molecule has 124 valence electrons. The van der Waals surface area contributed by atoms with E-state index in [2.05, 4.69) is 55.8 Å². The van der Waals surface area contributed by atoms with Gasteiger partial charge < -0.3 is 15.4 Å². The largest absolute Gasteiger partial charge is 0.380 e. The number of hydrogen-bond donors (Lipinski definition) is 2. The van der Waals surface area contributed by atoms with Crippen molar-refractivity contribution in [3.05, 3.63) is 34.3 Å². The molecule has 0 spiro atoms. The second kappa shape index (κ2) is 9.72. The zero-order chi connectivity index (χ0) is 15.1. The summed E-state index contributed by atoms with van der Waals surface area (Å²) in [5.41, 5.74) is 1.64. The molecule has 1 aromatic carbocycles. The quantitative estimate of drug-likeness (QED) is 0.272. The van der Waals surface area contributed by atoms with Crippen LogP contribution in [-0.2, 0) is 10.2 Å². The molecule has 1 fully saturated rings. The van der Waals surface area contributed by atoms with Gasteiger partial charge in [0.25, 0.3) is 0 Å². The number of nitrogens with zero attached hydrogens (tertiary/aromatic N) is 1. The fraction of sp³-hybridized carbons (Fsp3) is 0.562. The summed E-state index contributed by atoms with van der Waals surface area (Å²) in [5, 5.41) is 6.71. The van der Waals surface area contributed by atoms with Gasteiger partial charge in [-0.25, -0.2) is 0 Å². The van der Waals surface area contributed by atoms with Gasteiger partial charge in [0, 0.05) is 36.6 Å². The number of benzene rings is 1. The van der Waals surface area contributed by atoms with Crippen LogP contribution in [0.2, 0.25) is 0 Å². The summed E-state index contributed by atoms with van der Waals surface area (Å²) in [6.45, 7) is 5.13. The third kappa shape index (κ3) is 5.38. The molecule has 4 nitrogen and oxygen atoms in total. The SMILES string of the molecule is CCOCCNC(=NC)NCC1(c2ccccc2Br)CC1.I. The number of nitrogens with one attached hydrogen (secondary N) is 2. The first kappa shape index (κ1) is 19.7. The Hall–Kier alpha value is -0.340. The van der Waals surface area contributed by atoms with E-state index in [4.69, 9.17) is 4.74 Å². The molecular weight excluding hydrogens is 457 g/mol. The molecule has 0 amide bonds. The smallest absolute Gasteiger partial charge is 0.191 e. The lowest BCUT2D eigenvalue weighted by atomic mass is 9.96. The van der Waals surface area contributed by atoms with E-state index in [1.54, 1.807) is 7.05 Å². The van der Waals surface area contributed by atoms with Crippen LogP contribution in [0.3, 0.4) is 0 Å². The Balaban J connectivity index is 0.00000242. The first-order chi connectivity index (χ1) is 10.2. The summed E-state index contributed by atoms with van der Waals surface area (Å²) < 4.78 is 6.52. The Morgan fingerprint density at radius 1 is 1.32 bits per heavy atom. The van der Waals surface area contributed by atoms with Gasteiger partial charge in [0.05, 0.1) is 6.61 Å². The molecule has 0 unspecified atom stereocenters. The summed E-state index contributed by atoms with van der Waals surface area (Å²) in [5.74, 6) is 0.841. The Kier molecular flexibility index (Phi) is 8.71. The van der Waals surface area contributed by atoms with Gasteiger partial charge in [0.2, 0.25) is 0 Å². The van der Waals surface area contributed by atoms with E-state index in [1.807, 2.05) is 6.92 Å². The zero-order valence-corrected chi connectivity index (χ0v) is 17.1. The second-order valence-electron chi connectivity index (χ2n) is 5.31. The van der Waals surface area contributed by atoms with E-state index in [0.717, 1.165) is 25.7 Å². The van der Waals surface area contributed by atoms with Crippen molar-refractivity contribution >= 4 is 45.9 Å². The lowest BCUT2D eigenvalue weighted by Gasteiger charge is -2.20. The molecule has 1 aromatic rings. The highest BCUT2D eigenvalue weighted by molar-refractivity contribution is 14.0. The van der Waals surface area contributed by atoms with Crippen LogP contribution in [0, 0.1) is 0 Å². The second-order valence-corrected chi connectivity index (χ2v) is 6.16. The molecule has 6 heteroatoms. The Morgan fingerprint density at radius 2 is 2.05 bits per heavy atom. The van der Waals surface area contributed by atoms with Crippen LogP contribution in [0.4, 0.5) is 0 Å². The van der Waals surface area contributed by atoms with Crippen molar-refractivity contribution in [1.29, 1.82) is 0 Å². The van der Waals surface area contributed by atoms with Crippen molar-refractivity contribution in [2.24, 2.45) is 4.99 Å². The predicted octanol–water partition coefficient (Wildman–Crippen LogP) is 3.30. The number of ether oxygens (including phenoxy) is 1. The number of hydrogen-bond acceptors (Lipinski definition) is 2. The average molecular weight is 482 g/mol. The molecule has 0 heterocycles. The van der Waals surface area contributed by atoms with Gasteiger partial charge in [-0.2, -0.15) is 0 Å². The first-order valence-electron chi connectivity index (χ1n) is 7.49. The van der Waals surface area contributed by atoms with Crippen LogP contribution < -0.4 is 10.6 Å². The monoisotopic (exact) mass is 481 g/mol. The molecule has 0 aliphatic heterocycles. The van der Waals surface area contributed by atoms with E-state index in [1.165, 1.54) is 22.9 Å². The topological polar surface area (TPSA) is 45.6 Å². The molecule has 2 N–H and O–H groups in total. The Bertz CT molecular complexity index is 492. The minimum Gasteiger partial charge on any atom is -0.380 e. The number of rotatable bonds is 7. The maximum absolute atomic E-state index is 5.32. The van der Waals surface area contributed by atoms with E-state index in [9.17, 15) is 0 Å². The lowest BCUT2D eigenvalue weighted by Crippen LogP contribution is -2.42. The standard InChI is InChI=1S/C16H24BrN3O.HI/c1-3-21-11-10-19-15(18-2)20-12-16(8-9-16)13-6-4-5-7-14(13)17;/h4-7H,3,8-12H2,1-2H3,(H2,18,19,20);1H. The maximum atomic E-state index is 5.32. The van der Waals surface area contributed by atoms with Crippen molar-refractivity contribution in [2.75, 3.05) is 33.4 Å². The minimum absolute atomic E-state index is 0. The molecule has 0 atom stereocenters. The summed E-state index contributed by atoms with van der Waals surface area (Å²) >= 11 is 3.67. The van der Waals surface area contributed by atoms with E-state index in [0.29, 0.717) is 6.61 Å². The van der Waals surface area contributed by atoms with E-state index >= 15 is 0 Å². The van der Waals surface area contributed by atoms with Crippen LogP contribution in [0.1, 0.15) is 25.3 Å². The van der Waals surface area contributed by atoms with Crippen molar-refractivity contribution in [1.82, 2.24) is 10.6 Å². The summed E-state index contributed by atoms with van der Waals surface area (Å²) in [4.78, 5) is 4.26. The van der Waals surface area contributed by atoms with Crippen molar-refractivity contribution in [3.8, 4) is 0 Å². The molecule has 1 aliphatic carbocycles. The summed E-state index contributed by atoms with van der Waals surface area (Å²) in [7, 11) is 1.80. The first-order valence-corrected chi connectivity index (χ1v) is 8.28. The number of guanidine groups is 1. The number of halogens is 2. The maximum Gasteiger partial charge on any atom is 0.191 e. The third-order valence-corrected chi connectivity index (χ3v) is 4.55. The van der Waals surface area contributed by atoms with Crippen molar-refractivity contribution < 1.29 is 4.74 Å². The predicted molar refractivity (Wildman–Crippen MR) is 106 cm³/mol. The number of aliphatic imine (C=N–C) groups is 1. The average Bonchev–Trinajstić information content (AvgIpc) is 3.28. The van der Waals surface area contributed by atoms with Gasteiger partial charge in [0.1, 0.15) is 0 Å². The molecule has 1 aliphatic rings. The van der Waals surface area contributed by atoms with Crippen molar-refractivity contribution in [2.45, 2.75) is 25.2 Å². The Labute approximate surface area is 158 Å². The molecule has 0 saturated heterocycles.